The molecule has 4 aromatic rings. The van der Waals surface area contributed by atoms with E-state index >= 15 is 0 Å². The normalized spacial score (nSPS) is 10.7. The molecule has 4 rings (SSSR count). The Hall–Kier alpha value is -4.32. The molecule has 0 aliphatic carbocycles. The van der Waals surface area contributed by atoms with Crippen LogP contribution in [0.15, 0.2) is 30.3 Å². The zero-order valence-corrected chi connectivity index (χ0v) is 23.5. The molecular formula is C27H31N5O6S. The number of rotatable bonds is 12. The smallest absolute Gasteiger partial charge is 0.350 e. The Labute approximate surface area is 230 Å². The van der Waals surface area contributed by atoms with Gasteiger partial charge in [0.1, 0.15) is 10.7 Å². The molecule has 12 heteroatoms. The highest BCUT2D eigenvalue weighted by Gasteiger charge is 2.18. The minimum atomic E-state index is -0.408. The fraction of sp³-hybridized carbons (Fsp3) is 0.333. The van der Waals surface area contributed by atoms with Crippen LogP contribution in [0.25, 0.3) is 10.9 Å². The highest BCUT2D eigenvalue weighted by Crippen LogP contribution is 2.35. The topological polar surface area (TPSA) is 126 Å². The Morgan fingerprint density at radius 1 is 0.897 bits per heavy atom. The van der Waals surface area contributed by atoms with E-state index in [0.29, 0.717) is 68.9 Å². The van der Waals surface area contributed by atoms with Crippen LogP contribution in [0.3, 0.4) is 0 Å². The van der Waals surface area contributed by atoms with Crippen LogP contribution in [0.2, 0.25) is 0 Å². The van der Waals surface area contributed by atoms with Crippen molar-refractivity contribution in [2.24, 2.45) is 0 Å². The lowest BCUT2D eigenvalue weighted by molar-refractivity contribution is 0.0531. The summed E-state index contributed by atoms with van der Waals surface area (Å²) in [7, 11) is 6.37. The van der Waals surface area contributed by atoms with Crippen LogP contribution in [0.5, 0.6) is 23.0 Å². The standard InChI is InChI=1S/C27H31N5O6S/c1-7-38-25(33)23-15(2)29-27(39-23)32-26-30-18-14-22(37-6)21(36-5)13-17(18)24(31-26)28-11-10-16-8-9-19(34-3)20(12-16)35-4/h8-9,12-14H,7,10-11H2,1-6H3,(H2,28,29,30,31,32). The fourth-order valence-corrected chi connectivity index (χ4v) is 4.79. The van der Waals surface area contributed by atoms with Crippen LogP contribution >= 0.6 is 11.3 Å². The van der Waals surface area contributed by atoms with Gasteiger partial charge in [-0.1, -0.05) is 17.4 Å². The van der Waals surface area contributed by atoms with Crippen molar-refractivity contribution < 1.29 is 28.5 Å². The summed E-state index contributed by atoms with van der Waals surface area (Å²) in [4.78, 5) is 26.5. The third-order valence-electron chi connectivity index (χ3n) is 5.83. The van der Waals surface area contributed by atoms with Gasteiger partial charge in [-0.3, -0.25) is 5.32 Å². The molecule has 0 aliphatic rings. The summed E-state index contributed by atoms with van der Waals surface area (Å²) >= 11 is 1.18. The lowest BCUT2D eigenvalue weighted by atomic mass is 10.1. The number of thiazole rings is 1. The van der Waals surface area contributed by atoms with Gasteiger partial charge in [0.05, 0.1) is 46.3 Å². The molecule has 39 heavy (non-hydrogen) atoms. The van der Waals surface area contributed by atoms with E-state index in [-0.39, 0.29) is 6.61 Å². The molecule has 0 amide bonds. The van der Waals surface area contributed by atoms with Gasteiger partial charge in [-0.2, -0.15) is 4.98 Å². The Kier molecular flexibility index (Phi) is 8.87. The molecule has 0 saturated heterocycles. The van der Waals surface area contributed by atoms with Gasteiger partial charge in [0.25, 0.3) is 0 Å². The molecule has 0 radical (unpaired) electrons. The van der Waals surface area contributed by atoms with Crippen LogP contribution in [0.4, 0.5) is 16.9 Å². The molecule has 0 bridgehead atoms. The molecule has 2 aromatic heterocycles. The fourth-order valence-electron chi connectivity index (χ4n) is 3.94. The van der Waals surface area contributed by atoms with E-state index in [1.807, 2.05) is 24.3 Å². The SMILES string of the molecule is CCOC(=O)c1sc(Nc2nc(NCCc3ccc(OC)c(OC)c3)c3cc(OC)c(OC)cc3n2)nc1C. The molecule has 2 aromatic carbocycles. The van der Waals surface area contributed by atoms with E-state index in [2.05, 4.69) is 20.6 Å². The molecule has 2 heterocycles. The number of nitrogens with zero attached hydrogens (tertiary/aromatic N) is 3. The Bertz CT molecular complexity index is 1480. The van der Waals surface area contributed by atoms with Crippen molar-refractivity contribution in [2.75, 3.05) is 52.2 Å². The number of benzene rings is 2. The summed E-state index contributed by atoms with van der Waals surface area (Å²) in [6.07, 6.45) is 0.705. The van der Waals surface area contributed by atoms with Crippen molar-refractivity contribution in [1.82, 2.24) is 15.0 Å². The molecule has 206 valence electrons. The molecule has 0 spiro atoms. The number of nitrogens with one attached hydrogen (secondary N) is 2. The Morgan fingerprint density at radius 2 is 1.59 bits per heavy atom. The highest BCUT2D eigenvalue weighted by atomic mass is 32.1. The summed E-state index contributed by atoms with van der Waals surface area (Å²) in [5.41, 5.74) is 2.28. The number of esters is 1. The van der Waals surface area contributed by atoms with Gasteiger partial charge in [-0.15, -0.1) is 0 Å². The number of methoxy groups -OCH3 is 4. The first kappa shape index (κ1) is 27.7. The number of carbonyl (C=O) groups is 1. The first-order chi connectivity index (χ1) is 18.9. The van der Waals surface area contributed by atoms with E-state index in [4.69, 9.17) is 28.7 Å². The highest BCUT2D eigenvalue weighted by molar-refractivity contribution is 7.17. The van der Waals surface area contributed by atoms with E-state index in [1.54, 1.807) is 48.4 Å². The van der Waals surface area contributed by atoms with Crippen LogP contribution < -0.4 is 29.6 Å². The van der Waals surface area contributed by atoms with E-state index in [0.717, 1.165) is 10.9 Å². The monoisotopic (exact) mass is 553 g/mol. The average molecular weight is 554 g/mol. The second-order valence-electron chi connectivity index (χ2n) is 8.27. The first-order valence-electron chi connectivity index (χ1n) is 12.2. The number of ether oxygens (including phenoxy) is 5. The van der Waals surface area contributed by atoms with Crippen molar-refractivity contribution in [3.8, 4) is 23.0 Å². The number of hydrogen-bond donors (Lipinski definition) is 2. The van der Waals surface area contributed by atoms with Gasteiger partial charge in [0, 0.05) is 18.0 Å². The molecule has 0 atom stereocenters. The van der Waals surface area contributed by atoms with Gasteiger partial charge >= 0.3 is 5.97 Å². The third-order valence-corrected chi connectivity index (χ3v) is 6.88. The molecule has 0 fully saturated rings. The molecule has 0 saturated carbocycles. The number of aryl methyl sites for hydroxylation is 1. The Balaban J connectivity index is 1.64. The number of fused-ring (bicyclic) bond motifs is 1. The second kappa shape index (κ2) is 12.5. The number of anilines is 3. The summed E-state index contributed by atoms with van der Waals surface area (Å²) < 4.78 is 26.9. The molecule has 11 nitrogen and oxygen atoms in total. The van der Waals surface area contributed by atoms with Crippen molar-refractivity contribution >= 4 is 45.1 Å². The largest absolute Gasteiger partial charge is 0.493 e. The first-order valence-corrected chi connectivity index (χ1v) is 13.0. The zero-order chi connectivity index (χ0) is 27.9. The van der Waals surface area contributed by atoms with Crippen molar-refractivity contribution in [2.45, 2.75) is 20.3 Å². The van der Waals surface area contributed by atoms with Crippen molar-refractivity contribution in [1.29, 1.82) is 0 Å². The lowest BCUT2D eigenvalue weighted by Crippen LogP contribution is -2.09. The van der Waals surface area contributed by atoms with E-state index < -0.39 is 5.97 Å². The van der Waals surface area contributed by atoms with E-state index in [9.17, 15) is 4.79 Å². The van der Waals surface area contributed by atoms with E-state index in [1.165, 1.54) is 11.3 Å². The molecule has 2 N–H and O–H groups in total. The number of aromatic nitrogens is 3. The molecule has 0 unspecified atom stereocenters. The third kappa shape index (κ3) is 6.23. The number of carbonyl (C=O) groups excluding carboxylic acids is 1. The molecular weight excluding hydrogens is 522 g/mol. The molecule has 0 aliphatic heterocycles. The van der Waals surface area contributed by atoms with Gasteiger partial charge in [-0.05, 0) is 44.0 Å². The predicted octanol–water partition coefficient (Wildman–Crippen LogP) is 5.00. The minimum absolute atomic E-state index is 0.288. The predicted molar refractivity (Wildman–Crippen MR) is 150 cm³/mol. The van der Waals surface area contributed by atoms with Gasteiger partial charge in [0.2, 0.25) is 5.95 Å². The quantitative estimate of drug-likeness (QED) is 0.230. The summed E-state index contributed by atoms with van der Waals surface area (Å²) in [5, 5.41) is 7.79. The van der Waals surface area contributed by atoms with Gasteiger partial charge in [0.15, 0.2) is 28.1 Å². The van der Waals surface area contributed by atoms with Gasteiger partial charge in [-0.25, -0.2) is 14.8 Å². The zero-order valence-electron chi connectivity index (χ0n) is 22.7. The Morgan fingerprint density at radius 3 is 2.28 bits per heavy atom. The summed E-state index contributed by atoms with van der Waals surface area (Å²) in [6.45, 7) is 4.39. The van der Waals surface area contributed by atoms with Crippen molar-refractivity contribution in [3.63, 3.8) is 0 Å². The van der Waals surface area contributed by atoms with Crippen LogP contribution in [0.1, 0.15) is 27.9 Å². The minimum Gasteiger partial charge on any atom is -0.493 e. The summed E-state index contributed by atoms with van der Waals surface area (Å²) in [5.74, 6) is 2.96. The second-order valence-corrected chi connectivity index (χ2v) is 9.26. The average Bonchev–Trinajstić information content (AvgIpc) is 3.31. The van der Waals surface area contributed by atoms with Crippen LogP contribution in [-0.4, -0.2) is 62.5 Å². The summed E-state index contributed by atoms with van der Waals surface area (Å²) in [6, 6.07) is 9.45. The maximum Gasteiger partial charge on any atom is 0.350 e. The van der Waals surface area contributed by atoms with Gasteiger partial charge < -0.3 is 29.0 Å². The maximum absolute atomic E-state index is 12.2. The lowest BCUT2D eigenvalue weighted by Gasteiger charge is -2.14. The van der Waals surface area contributed by atoms with Crippen molar-refractivity contribution in [3.05, 3.63) is 46.5 Å². The van der Waals surface area contributed by atoms with Crippen LogP contribution in [-0.2, 0) is 11.2 Å². The maximum atomic E-state index is 12.2. The number of hydrogen-bond acceptors (Lipinski definition) is 12. The van der Waals surface area contributed by atoms with Crippen LogP contribution in [0, 0.1) is 6.92 Å².